The van der Waals surface area contributed by atoms with Crippen LogP contribution in [0.3, 0.4) is 0 Å². The second-order valence-corrected chi connectivity index (χ2v) is 16.4. The van der Waals surface area contributed by atoms with Crippen LogP contribution in [0.25, 0.3) is 67.3 Å². The number of halogens is 3. The molecule has 0 unspecified atom stereocenters. The number of nitrogens with zero attached hydrogens (tertiary/aromatic N) is 4. The smallest absolute Gasteiger partial charge is 0.741 e. The maximum atomic E-state index is 10.7. The standard InChI is InChI=1S/C19H17N.C19H16N.2C11H8N.CHF3O3S.2CH3.2Ir/c2*1-2-15-13-19(17-11-7-4-8-12-17)20-14-18(15)16-9-5-3-6-10-16;2*1-2-6-10(7-3-1)11-8-4-5-9-12-11;2-1(3,4)8(5,6)7;;;;/h3-14H,2H2,1H3;3-11,13-14H,2H2,1H3;2*1-6,8-9H;(H,5,6,7);2*1H3;;/q;3*-1;;2*-1;;+3/p-1/i2*1D3;;;;;;;. The fourth-order valence-electron chi connectivity index (χ4n) is 6.66. The summed E-state index contributed by atoms with van der Waals surface area (Å²) in [7, 11) is -6.09. The van der Waals surface area contributed by atoms with Crippen LogP contribution in [0.2, 0.25) is 0 Å². The summed E-state index contributed by atoms with van der Waals surface area (Å²) in [5.74, 6) is 0. The molecule has 0 spiro atoms. The van der Waals surface area contributed by atoms with Gasteiger partial charge in [0, 0.05) is 69.8 Å². The van der Waals surface area contributed by atoms with Crippen molar-refractivity contribution in [2.24, 2.45) is 0 Å². The summed E-state index contributed by atoms with van der Waals surface area (Å²) in [4.78, 5) is 17.5. The molecule has 0 atom stereocenters. The molecule has 0 aliphatic carbocycles. The third-order valence-corrected chi connectivity index (χ3v) is 10.7. The number of pyridine rings is 4. The van der Waals surface area contributed by atoms with Crippen molar-refractivity contribution in [3.8, 4) is 67.3 Å². The van der Waals surface area contributed by atoms with E-state index in [0.717, 1.165) is 78.4 Å². The van der Waals surface area contributed by atoms with Gasteiger partial charge in [0.1, 0.15) is 0 Å². The van der Waals surface area contributed by atoms with Crippen molar-refractivity contribution in [3.05, 3.63) is 281 Å². The van der Waals surface area contributed by atoms with Crippen molar-refractivity contribution in [3.63, 3.8) is 0 Å². The van der Waals surface area contributed by atoms with Gasteiger partial charge in [0.15, 0.2) is 10.1 Å². The Morgan fingerprint density at radius 1 is 0.474 bits per heavy atom. The van der Waals surface area contributed by atoms with Crippen LogP contribution < -0.4 is 0 Å². The summed E-state index contributed by atoms with van der Waals surface area (Å²) < 4.78 is 105. The summed E-state index contributed by atoms with van der Waals surface area (Å²) in [5, 5.41) is 0. The monoisotopic (exact) mass is 1400 g/mol. The Balaban J connectivity index is 0.000000363. The van der Waals surface area contributed by atoms with Crippen molar-refractivity contribution >= 4 is 10.1 Å². The molecule has 4 aromatic heterocycles. The summed E-state index contributed by atoms with van der Waals surface area (Å²) in [6.45, 7) is -4.04. The van der Waals surface area contributed by atoms with Gasteiger partial charge in [-0.25, -0.2) is 8.42 Å². The number of hydrogen-bond acceptors (Lipinski definition) is 7. The van der Waals surface area contributed by atoms with Gasteiger partial charge in [-0.15, -0.1) is 108 Å². The molecule has 0 aliphatic heterocycles. The Morgan fingerprint density at radius 3 is 1.13 bits per heavy atom. The summed E-state index contributed by atoms with van der Waals surface area (Å²) >= 11 is 0. The van der Waals surface area contributed by atoms with Crippen molar-refractivity contribution in [2.75, 3.05) is 0 Å². The average Bonchev–Trinajstić information content (AvgIpc) is 3.45. The van der Waals surface area contributed by atoms with E-state index >= 15 is 0 Å². The minimum absolute atomic E-state index is 0. The molecule has 0 bridgehead atoms. The molecule has 0 saturated carbocycles. The Morgan fingerprint density at radius 2 is 0.803 bits per heavy atom. The van der Waals surface area contributed by atoms with E-state index in [9.17, 15) is 13.2 Å². The van der Waals surface area contributed by atoms with E-state index < -0.39 is 29.3 Å². The van der Waals surface area contributed by atoms with E-state index in [4.69, 9.17) is 21.2 Å². The molecule has 393 valence electrons. The molecule has 1 radical (unpaired) electrons. The molecule has 0 N–H and O–H groups in total. The first-order valence-corrected chi connectivity index (χ1v) is 23.5. The fourth-order valence-corrected chi connectivity index (χ4v) is 6.66. The van der Waals surface area contributed by atoms with Crippen LogP contribution in [0.5, 0.6) is 0 Å². The topological polar surface area (TPSA) is 109 Å². The Labute approximate surface area is 482 Å². The molecule has 7 nitrogen and oxygen atoms in total. The third kappa shape index (κ3) is 20.2. The summed E-state index contributed by atoms with van der Waals surface area (Å²) in [5.41, 5.74) is 7.03. The first-order valence-electron chi connectivity index (χ1n) is 25.1. The normalized spacial score (nSPS) is 11.5. The van der Waals surface area contributed by atoms with Crippen LogP contribution in [0, 0.1) is 33.1 Å². The molecule has 0 saturated heterocycles. The largest absolute Gasteiger partial charge is 3.00 e. The second-order valence-electron chi connectivity index (χ2n) is 15.1. The zero-order chi connectivity index (χ0) is 56.0. The molecule has 6 aromatic carbocycles. The van der Waals surface area contributed by atoms with Gasteiger partial charge in [-0.1, -0.05) is 135 Å². The minimum Gasteiger partial charge on any atom is -0.741 e. The molecule has 10 aromatic rings. The molecular weight excluding hydrogens is 1330 g/mol. The maximum Gasteiger partial charge on any atom is 3.00 e. The number of benzene rings is 6. The van der Waals surface area contributed by atoms with Gasteiger partial charge >= 0.3 is 25.6 Å². The molecule has 4 heterocycles. The van der Waals surface area contributed by atoms with Gasteiger partial charge in [-0.3, -0.25) is 4.98 Å². The van der Waals surface area contributed by atoms with Crippen LogP contribution in [-0.2, 0) is 63.2 Å². The Kier molecular flexibility index (Phi) is 24.5. The van der Waals surface area contributed by atoms with E-state index in [-0.39, 0.29) is 67.9 Å². The van der Waals surface area contributed by atoms with Crippen molar-refractivity contribution in [2.45, 2.75) is 32.1 Å². The fraction of sp³-hybridized carbons (Fsp3) is 0.0794. The number of aryl methyl sites for hydroxylation is 2. The molecule has 10 rings (SSSR count). The van der Waals surface area contributed by atoms with Crippen LogP contribution >= 0.6 is 0 Å². The zero-order valence-electron chi connectivity index (χ0n) is 47.2. The van der Waals surface area contributed by atoms with E-state index in [1.54, 1.807) is 24.8 Å². The maximum absolute atomic E-state index is 10.7. The van der Waals surface area contributed by atoms with E-state index in [2.05, 4.69) is 38.1 Å². The number of alkyl halides is 3. The molecule has 76 heavy (non-hydrogen) atoms. The van der Waals surface area contributed by atoms with Gasteiger partial charge in [-0.2, -0.15) is 13.2 Å². The van der Waals surface area contributed by atoms with Crippen molar-refractivity contribution < 1.29 is 74.6 Å². The van der Waals surface area contributed by atoms with Crippen molar-refractivity contribution in [1.82, 2.24) is 19.9 Å². The first kappa shape index (κ1) is 55.2. The van der Waals surface area contributed by atoms with Gasteiger partial charge in [0.05, 0.1) is 5.69 Å². The van der Waals surface area contributed by atoms with Gasteiger partial charge in [0.25, 0.3) is 0 Å². The zero-order valence-corrected chi connectivity index (χ0v) is 46.8. The second kappa shape index (κ2) is 33.8. The third-order valence-electron chi connectivity index (χ3n) is 10.2. The number of hydrogen-bond donors (Lipinski definition) is 0. The Hall–Kier alpha value is -7.08. The number of rotatable bonds is 8. The van der Waals surface area contributed by atoms with Gasteiger partial charge in [-0.05, 0) is 70.4 Å². The predicted octanol–water partition coefficient (Wildman–Crippen LogP) is 15.8. The van der Waals surface area contributed by atoms with Gasteiger partial charge < -0.3 is 34.4 Å². The van der Waals surface area contributed by atoms with E-state index in [1.165, 1.54) is 0 Å². The van der Waals surface area contributed by atoms with Crippen LogP contribution in [0.15, 0.2) is 237 Å². The SMILES string of the molecule is O=S(=O)([O-])C(F)(F)F.[2H]C([2H])([2H])Cc1cc(-c2[c-]cccc2)ncc1-c1ccccc1.[2H]C([2H])([2H])Cc1cc(-c2ccccc2)ncc1-c1ccccc1.[CH3-].[CH3-].[Ir+3].[Ir].[c-]1ccccc1-c1ccccn1.[c-]1ccccc1-c1ccccn1. The average molecular weight is 1400 g/mol. The van der Waals surface area contributed by atoms with Crippen molar-refractivity contribution in [1.29, 1.82) is 0 Å². The minimum atomic E-state index is -6.09. The Bertz CT molecular complexity index is 3190. The first-order chi connectivity index (χ1) is 37.2. The van der Waals surface area contributed by atoms with Crippen LogP contribution in [0.1, 0.15) is 33.1 Å². The summed E-state index contributed by atoms with van der Waals surface area (Å²) in [6, 6.07) is 77.4. The predicted molar refractivity (Wildman–Crippen MR) is 293 cm³/mol. The van der Waals surface area contributed by atoms with E-state index in [0.29, 0.717) is 0 Å². The molecule has 13 heteroatoms. The molecule has 0 aliphatic rings. The van der Waals surface area contributed by atoms with Gasteiger partial charge in [0.2, 0.25) is 0 Å². The molecular formula is C63H55F3Ir2N4O3S-3. The van der Waals surface area contributed by atoms with Crippen LogP contribution in [0.4, 0.5) is 13.2 Å². The van der Waals surface area contributed by atoms with E-state index in [1.807, 2.05) is 212 Å². The molecule has 0 fully saturated rings. The number of aromatic nitrogens is 4. The molecule has 0 amide bonds. The quantitative estimate of drug-likeness (QED) is 0.0847. The summed E-state index contributed by atoms with van der Waals surface area (Å²) in [6.07, 6.45) is 7.15. The van der Waals surface area contributed by atoms with Crippen LogP contribution in [-0.4, -0.2) is 38.4 Å².